The van der Waals surface area contributed by atoms with Gasteiger partial charge in [-0.2, -0.15) is 0 Å². The Labute approximate surface area is 124 Å². The lowest BCUT2D eigenvalue weighted by molar-refractivity contribution is -0.126. The number of carbonyl (C=O) groups excluding carboxylic acids is 1. The molecule has 1 amide bonds. The highest BCUT2D eigenvalue weighted by molar-refractivity contribution is 5.78. The normalized spacial score (nSPS) is 15.8. The summed E-state index contributed by atoms with van der Waals surface area (Å²) < 4.78 is 5.33. The van der Waals surface area contributed by atoms with E-state index in [1.54, 1.807) is 0 Å². The SMILES string of the molecule is O=C(NCc1cc(-c2ccccc2)on1)C1CCCCC1. The van der Waals surface area contributed by atoms with Crippen LogP contribution in [0.1, 0.15) is 37.8 Å². The number of nitrogens with zero attached hydrogens (tertiary/aromatic N) is 1. The van der Waals surface area contributed by atoms with Crippen molar-refractivity contribution in [1.82, 2.24) is 10.5 Å². The van der Waals surface area contributed by atoms with Gasteiger partial charge in [-0.1, -0.05) is 54.8 Å². The molecule has 1 heterocycles. The molecular weight excluding hydrogens is 264 g/mol. The van der Waals surface area contributed by atoms with Gasteiger partial charge in [-0.15, -0.1) is 0 Å². The van der Waals surface area contributed by atoms with E-state index in [1.807, 2.05) is 36.4 Å². The van der Waals surface area contributed by atoms with E-state index in [4.69, 9.17) is 4.52 Å². The van der Waals surface area contributed by atoms with Crippen LogP contribution in [0, 0.1) is 5.92 Å². The summed E-state index contributed by atoms with van der Waals surface area (Å²) in [6.45, 7) is 0.436. The van der Waals surface area contributed by atoms with Crippen molar-refractivity contribution in [3.63, 3.8) is 0 Å². The minimum atomic E-state index is 0.152. The first-order valence-corrected chi connectivity index (χ1v) is 7.61. The lowest BCUT2D eigenvalue weighted by atomic mass is 9.89. The number of aromatic nitrogens is 1. The second-order valence-corrected chi connectivity index (χ2v) is 5.60. The van der Waals surface area contributed by atoms with E-state index in [0.29, 0.717) is 6.54 Å². The molecule has 1 N–H and O–H groups in total. The molecule has 110 valence electrons. The van der Waals surface area contributed by atoms with Gasteiger partial charge in [0.2, 0.25) is 5.91 Å². The lowest BCUT2D eigenvalue weighted by Gasteiger charge is -2.20. The first kappa shape index (κ1) is 13.9. The quantitative estimate of drug-likeness (QED) is 0.934. The van der Waals surface area contributed by atoms with Crippen LogP contribution in [0.2, 0.25) is 0 Å². The van der Waals surface area contributed by atoms with Gasteiger partial charge < -0.3 is 9.84 Å². The Morgan fingerprint density at radius 3 is 2.71 bits per heavy atom. The summed E-state index contributed by atoms with van der Waals surface area (Å²) in [4.78, 5) is 12.1. The molecule has 21 heavy (non-hydrogen) atoms. The van der Waals surface area contributed by atoms with Gasteiger partial charge in [-0.25, -0.2) is 0 Å². The van der Waals surface area contributed by atoms with Gasteiger partial charge in [0.05, 0.1) is 6.54 Å². The molecule has 0 atom stereocenters. The Kier molecular flexibility index (Phi) is 4.34. The maximum atomic E-state index is 12.1. The van der Waals surface area contributed by atoms with Crippen LogP contribution < -0.4 is 5.32 Å². The minimum Gasteiger partial charge on any atom is -0.356 e. The molecule has 3 rings (SSSR count). The molecule has 0 aliphatic heterocycles. The highest BCUT2D eigenvalue weighted by Crippen LogP contribution is 2.24. The molecule has 0 unspecified atom stereocenters. The highest BCUT2D eigenvalue weighted by Gasteiger charge is 2.20. The predicted molar refractivity (Wildman–Crippen MR) is 80.4 cm³/mol. The molecule has 0 radical (unpaired) electrons. The van der Waals surface area contributed by atoms with Crippen LogP contribution in [-0.4, -0.2) is 11.1 Å². The summed E-state index contributed by atoms with van der Waals surface area (Å²) in [5.74, 6) is 1.07. The van der Waals surface area contributed by atoms with Crippen molar-refractivity contribution < 1.29 is 9.32 Å². The smallest absolute Gasteiger partial charge is 0.223 e. The maximum Gasteiger partial charge on any atom is 0.223 e. The van der Waals surface area contributed by atoms with Gasteiger partial charge in [0, 0.05) is 17.5 Å². The van der Waals surface area contributed by atoms with Crippen LogP contribution in [0.15, 0.2) is 40.9 Å². The Bertz CT molecular complexity index is 586. The first-order chi connectivity index (χ1) is 10.3. The summed E-state index contributed by atoms with van der Waals surface area (Å²) in [5.41, 5.74) is 1.76. The summed E-state index contributed by atoms with van der Waals surface area (Å²) in [7, 11) is 0. The number of carbonyl (C=O) groups is 1. The van der Waals surface area contributed by atoms with Gasteiger partial charge in [0.1, 0.15) is 5.69 Å². The zero-order valence-corrected chi connectivity index (χ0v) is 12.0. The average Bonchev–Trinajstić information content (AvgIpc) is 3.03. The van der Waals surface area contributed by atoms with E-state index < -0.39 is 0 Å². The molecule has 0 saturated heterocycles. The van der Waals surface area contributed by atoms with Crippen LogP contribution in [0.4, 0.5) is 0 Å². The Morgan fingerprint density at radius 1 is 1.19 bits per heavy atom. The number of nitrogens with one attached hydrogen (secondary N) is 1. The van der Waals surface area contributed by atoms with E-state index in [0.717, 1.165) is 29.9 Å². The Balaban J connectivity index is 1.56. The van der Waals surface area contributed by atoms with Crippen molar-refractivity contribution in [3.05, 3.63) is 42.1 Å². The molecule has 2 aromatic rings. The summed E-state index contributed by atoms with van der Waals surface area (Å²) in [5, 5.41) is 6.99. The number of rotatable bonds is 4. The molecule has 1 saturated carbocycles. The van der Waals surface area contributed by atoms with E-state index in [9.17, 15) is 4.79 Å². The van der Waals surface area contributed by atoms with Gasteiger partial charge >= 0.3 is 0 Å². The summed E-state index contributed by atoms with van der Waals surface area (Å²) in [6.07, 6.45) is 5.62. The van der Waals surface area contributed by atoms with Crippen molar-refractivity contribution >= 4 is 5.91 Å². The number of hydrogen-bond acceptors (Lipinski definition) is 3. The highest BCUT2D eigenvalue weighted by atomic mass is 16.5. The van der Waals surface area contributed by atoms with E-state index >= 15 is 0 Å². The van der Waals surface area contributed by atoms with Crippen LogP contribution >= 0.6 is 0 Å². The Morgan fingerprint density at radius 2 is 1.95 bits per heavy atom. The average molecular weight is 284 g/mol. The van der Waals surface area contributed by atoms with Gasteiger partial charge in [-0.05, 0) is 12.8 Å². The predicted octanol–water partition coefficient (Wildman–Crippen LogP) is 3.54. The third kappa shape index (κ3) is 3.51. The Hall–Kier alpha value is -2.10. The van der Waals surface area contributed by atoms with Gasteiger partial charge in [0.25, 0.3) is 0 Å². The monoisotopic (exact) mass is 284 g/mol. The zero-order valence-electron chi connectivity index (χ0n) is 12.0. The first-order valence-electron chi connectivity index (χ1n) is 7.61. The maximum absolute atomic E-state index is 12.1. The fourth-order valence-electron chi connectivity index (χ4n) is 2.82. The molecule has 1 fully saturated rings. The van der Waals surface area contributed by atoms with Gasteiger partial charge in [0.15, 0.2) is 5.76 Å². The molecule has 0 spiro atoms. The van der Waals surface area contributed by atoms with Crippen molar-refractivity contribution in [3.8, 4) is 11.3 Å². The zero-order chi connectivity index (χ0) is 14.5. The standard InChI is InChI=1S/C17H20N2O2/c20-17(14-9-5-2-6-10-14)18-12-15-11-16(21-19-15)13-7-3-1-4-8-13/h1,3-4,7-8,11,14H,2,5-6,9-10,12H2,(H,18,20). The molecule has 4 heteroatoms. The molecule has 1 aliphatic carbocycles. The largest absolute Gasteiger partial charge is 0.356 e. The molecule has 1 aromatic heterocycles. The number of benzene rings is 1. The molecule has 1 aliphatic rings. The second kappa shape index (κ2) is 6.57. The van der Waals surface area contributed by atoms with Crippen LogP contribution in [0.5, 0.6) is 0 Å². The summed E-state index contributed by atoms with van der Waals surface area (Å²) in [6, 6.07) is 11.7. The van der Waals surface area contributed by atoms with Crippen molar-refractivity contribution in [2.45, 2.75) is 38.6 Å². The van der Waals surface area contributed by atoms with Crippen LogP contribution in [-0.2, 0) is 11.3 Å². The third-order valence-corrected chi connectivity index (χ3v) is 4.04. The van der Waals surface area contributed by atoms with Gasteiger partial charge in [-0.3, -0.25) is 4.79 Å². The number of hydrogen-bond donors (Lipinski definition) is 1. The van der Waals surface area contributed by atoms with E-state index in [-0.39, 0.29) is 11.8 Å². The summed E-state index contributed by atoms with van der Waals surface area (Å²) >= 11 is 0. The number of amides is 1. The second-order valence-electron chi connectivity index (χ2n) is 5.60. The van der Waals surface area contributed by atoms with Crippen LogP contribution in [0.25, 0.3) is 11.3 Å². The van der Waals surface area contributed by atoms with Crippen molar-refractivity contribution in [2.75, 3.05) is 0 Å². The van der Waals surface area contributed by atoms with Crippen molar-refractivity contribution in [1.29, 1.82) is 0 Å². The van der Waals surface area contributed by atoms with E-state index in [2.05, 4.69) is 10.5 Å². The van der Waals surface area contributed by atoms with Crippen molar-refractivity contribution in [2.24, 2.45) is 5.92 Å². The molecule has 1 aromatic carbocycles. The van der Waals surface area contributed by atoms with E-state index in [1.165, 1.54) is 19.3 Å². The molecule has 4 nitrogen and oxygen atoms in total. The third-order valence-electron chi connectivity index (χ3n) is 4.04. The lowest BCUT2D eigenvalue weighted by Crippen LogP contribution is -2.31. The fourth-order valence-corrected chi connectivity index (χ4v) is 2.82. The molecule has 0 bridgehead atoms. The molecular formula is C17H20N2O2. The fraction of sp³-hybridized carbons (Fsp3) is 0.412. The topological polar surface area (TPSA) is 55.1 Å². The van der Waals surface area contributed by atoms with Crippen LogP contribution in [0.3, 0.4) is 0 Å². The minimum absolute atomic E-state index is 0.152.